The summed E-state index contributed by atoms with van der Waals surface area (Å²) in [6.07, 6.45) is 0. The molecule has 128 valence electrons. The first-order chi connectivity index (χ1) is 12.5. The summed E-state index contributed by atoms with van der Waals surface area (Å²) in [4.78, 5) is 9.54. The van der Waals surface area contributed by atoms with Crippen molar-refractivity contribution in [3.63, 3.8) is 0 Å². The van der Waals surface area contributed by atoms with Crippen LogP contribution >= 0.6 is 46.1 Å². The second kappa shape index (κ2) is 6.45. The molecular formula is C17H8Cl3N5S. The SMILES string of the molecule is N#Cc1c(N)n2c(nc1=Nc1ccc(Cl)cc1)sc1cc(Cl)c(Cl)cc12. The van der Waals surface area contributed by atoms with E-state index in [1.165, 1.54) is 11.3 Å². The maximum Gasteiger partial charge on any atom is 0.198 e. The lowest BCUT2D eigenvalue weighted by Gasteiger charge is -2.04. The maximum atomic E-state index is 9.58. The van der Waals surface area contributed by atoms with Crippen LogP contribution in [-0.2, 0) is 0 Å². The van der Waals surface area contributed by atoms with Crippen LogP contribution in [0.25, 0.3) is 15.2 Å². The zero-order chi connectivity index (χ0) is 18.4. The number of rotatable bonds is 1. The summed E-state index contributed by atoms with van der Waals surface area (Å²) in [5.41, 5.74) is 8.04. The third-order valence-electron chi connectivity index (χ3n) is 3.73. The molecule has 0 saturated carbocycles. The summed E-state index contributed by atoms with van der Waals surface area (Å²) in [6, 6.07) is 12.4. The molecule has 4 aromatic rings. The molecule has 0 aliphatic heterocycles. The third kappa shape index (κ3) is 2.79. The number of nitrogens with two attached hydrogens (primary N) is 1. The molecule has 0 bridgehead atoms. The molecule has 0 aliphatic carbocycles. The van der Waals surface area contributed by atoms with E-state index in [4.69, 9.17) is 40.5 Å². The minimum absolute atomic E-state index is 0.184. The Bertz CT molecular complexity index is 1280. The molecule has 2 aromatic heterocycles. The fourth-order valence-corrected chi connectivity index (χ4v) is 4.09. The second-order valence-electron chi connectivity index (χ2n) is 5.35. The summed E-state index contributed by atoms with van der Waals surface area (Å²) in [5, 5.41) is 11.0. The number of thiazole rings is 1. The fourth-order valence-electron chi connectivity index (χ4n) is 2.53. The molecule has 2 aromatic carbocycles. The van der Waals surface area contributed by atoms with Crippen molar-refractivity contribution in [1.82, 2.24) is 9.38 Å². The number of nitrogen functional groups attached to an aromatic ring is 1. The Morgan fingerprint density at radius 1 is 1.12 bits per heavy atom. The van der Waals surface area contributed by atoms with Gasteiger partial charge in [0.1, 0.15) is 17.5 Å². The molecule has 0 aliphatic rings. The van der Waals surface area contributed by atoms with Gasteiger partial charge in [-0.25, -0.2) is 4.99 Å². The minimum Gasteiger partial charge on any atom is -0.384 e. The smallest absolute Gasteiger partial charge is 0.198 e. The molecule has 0 fully saturated rings. The molecule has 9 heteroatoms. The van der Waals surface area contributed by atoms with E-state index < -0.39 is 0 Å². The highest BCUT2D eigenvalue weighted by Gasteiger charge is 2.15. The normalized spacial score (nSPS) is 12.0. The van der Waals surface area contributed by atoms with Crippen molar-refractivity contribution in [3.8, 4) is 6.07 Å². The van der Waals surface area contributed by atoms with Gasteiger partial charge in [0.05, 0.1) is 25.9 Å². The minimum atomic E-state index is 0.184. The van der Waals surface area contributed by atoms with Crippen LogP contribution in [0.4, 0.5) is 11.5 Å². The summed E-state index contributed by atoms with van der Waals surface area (Å²) in [7, 11) is 0. The number of halogens is 3. The number of fused-ring (bicyclic) bond motifs is 3. The number of nitrogens with zero attached hydrogens (tertiary/aromatic N) is 4. The van der Waals surface area contributed by atoms with E-state index in [1.54, 1.807) is 40.8 Å². The van der Waals surface area contributed by atoms with Gasteiger partial charge in [-0.05, 0) is 36.4 Å². The van der Waals surface area contributed by atoms with Crippen molar-refractivity contribution in [2.75, 3.05) is 5.73 Å². The number of hydrogen-bond acceptors (Lipinski definition) is 5. The first-order valence-corrected chi connectivity index (χ1v) is 9.23. The molecule has 26 heavy (non-hydrogen) atoms. The molecule has 0 amide bonds. The number of nitriles is 1. The quantitative estimate of drug-likeness (QED) is 0.460. The summed E-state index contributed by atoms with van der Waals surface area (Å²) in [5.74, 6) is 0.245. The molecule has 0 atom stereocenters. The van der Waals surface area contributed by atoms with Crippen LogP contribution in [0.3, 0.4) is 0 Å². The van der Waals surface area contributed by atoms with Gasteiger partial charge in [0, 0.05) is 5.02 Å². The van der Waals surface area contributed by atoms with E-state index in [0.717, 1.165) is 10.2 Å². The zero-order valence-electron chi connectivity index (χ0n) is 12.9. The lowest BCUT2D eigenvalue weighted by Crippen LogP contribution is -2.18. The van der Waals surface area contributed by atoms with Gasteiger partial charge >= 0.3 is 0 Å². The van der Waals surface area contributed by atoms with Gasteiger partial charge in [-0.15, -0.1) is 0 Å². The first kappa shape index (κ1) is 17.1. The van der Waals surface area contributed by atoms with E-state index in [9.17, 15) is 5.26 Å². The van der Waals surface area contributed by atoms with Crippen molar-refractivity contribution in [3.05, 3.63) is 62.5 Å². The Morgan fingerprint density at radius 2 is 1.81 bits per heavy atom. The standard InChI is InChI=1S/C17H8Cl3N5S/c18-8-1-3-9(4-2-8)23-16-10(7-21)15(22)25-13-5-11(19)12(20)6-14(13)26-17(25)24-16/h1-6H,22H2. The largest absolute Gasteiger partial charge is 0.384 e. The fraction of sp³-hybridized carbons (Fsp3) is 0. The molecule has 0 radical (unpaired) electrons. The van der Waals surface area contributed by atoms with E-state index >= 15 is 0 Å². The molecule has 0 unspecified atom stereocenters. The summed E-state index contributed by atoms with van der Waals surface area (Å²) >= 11 is 19.5. The number of aromatic nitrogens is 2. The van der Waals surface area contributed by atoms with Gasteiger partial charge in [0.15, 0.2) is 10.4 Å². The lowest BCUT2D eigenvalue weighted by atomic mass is 10.3. The van der Waals surface area contributed by atoms with Gasteiger partial charge in [0.25, 0.3) is 0 Å². The maximum absolute atomic E-state index is 9.58. The first-order valence-electron chi connectivity index (χ1n) is 7.28. The van der Waals surface area contributed by atoms with E-state index in [0.29, 0.717) is 25.7 Å². The van der Waals surface area contributed by atoms with Gasteiger partial charge < -0.3 is 5.73 Å². The Hall–Kier alpha value is -2.30. The predicted molar refractivity (Wildman–Crippen MR) is 106 cm³/mol. The van der Waals surface area contributed by atoms with Crippen LogP contribution < -0.4 is 11.2 Å². The molecular weight excluding hydrogens is 413 g/mol. The molecule has 4 rings (SSSR count). The van der Waals surface area contributed by atoms with Crippen molar-refractivity contribution in [2.24, 2.45) is 4.99 Å². The second-order valence-corrected chi connectivity index (χ2v) is 7.61. The highest BCUT2D eigenvalue weighted by atomic mass is 35.5. The topological polar surface area (TPSA) is 79.5 Å². The van der Waals surface area contributed by atoms with Gasteiger partial charge in [0.2, 0.25) is 0 Å². The van der Waals surface area contributed by atoms with E-state index in [2.05, 4.69) is 16.0 Å². The molecule has 2 heterocycles. The van der Waals surface area contributed by atoms with Crippen LogP contribution in [0.15, 0.2) is 41.4 Å². The Kier molecular flexibility index (Phi) is 4.25. The van der Waals surface area contributed by atoms with Crippen molar-refractivity contribution >= 4 is 72.8 Å². The molecule has 5 nitrogen and oxygen atoms in total. The van der Waals surface area contributed by atoms with Gasteiger partial charge in [-0.1, -0.05) is 46.1 Å². The monoisotopic (exact) mass is 419 g/mol. The molecule has 2 N–H and O–H groups in total. The van der Waals surface area contributed by atoms with E-state index in [-0.39, 0.29) is 16.9 Å². The summed E-state index contributed by atoms with van der Waals surface area (Å²) < 4.78 is 2.54. The zero-order valence-corrected chi connectivity index (χ0v) is 16.0. The van der Waals surface area contributed by atoms with Crippen LogP contribution in [0.5, 0.6) is 0 Å². The van der Waals surface area contributed by atoms with Crippen LogP contribution in [0.1, 0.15) is 5.56 Å². The third-order valence-corrected chi connectivity index (χ3v) is 5.71. The number of hydrogen-bond donors (Lipinski definition) is 1. The highest BCUT2D eigenvalue weighted by molar-refractivity contribution is 7.23. The predicted octanol–water partition coefficient (Wildman–Crippen LogP) is 5.20. The van der Waals surface area contributed by atoms with Gasteiger partial charge in [-0.2, -0.15) is 10.2 Å². The van der Waals surface area contributed by atoms with Crippen molar-refractivity contribution < 1.29 is 0 Å². The van der Waals surface area contributed by atoms with Crippen LogP contribution in [0, 0.1) is 11.3 Å². The Labute approximate surface area is 166 Å². The number of anilines is 1. The number of benzene rings is 2. The van der Waals surface area contributed by atoms with Crippen LogP contribution in [-0.4, -0.2) is 9.38 Å². The average Bonchev–Trinajstić information content (AvgIpc) is 2.95. The van der Waals surface area contributed by atoms with E-state index in [1.807, 2.05) is 0 Å². The Morgan fingerprint density at radius 3 is 2.50 bits per heavy atom. The van der Waals surface area contributed by atoms with Crippen molar-refractivity contribution in [2.45, 2.75) is 0 Å². The lowest BCUT2D eigenvalue weighted by molar-refractivity contribution is 1.09. The molecule has 0 saturated heterocycles. The average molecular weight is 421 g/mol. The van der Waals surface area contributed by atoms with Crippen molar-refractivity contribution in [1.29, 1.82) is 5.26 Å². The Balaban J connectivity index is 2.08. The summed E-state index contributed by atoms with van der Waals surface area (Å²) in [6.45, 7) is 0. The van der Waals surface area contributed by atoms with Gasteiger partial charge in [-0.3, -0.25) is 4.40 Å². The van der Waals surface area contributed by atoms with Crippen LogP contribution in [0.2, 0.25) is 15.1 Å². The highest BCUT2D eigenvalue weighted by Crippen LogP contribution is 2.34. The molecule has 0 spiro atoms.